The standard InChI is InChI=1S/C9H9NO2/c1-2-3-8(11)9-5-4-7(6-10)12-9/h1,4-5H,3,6,10H2. The first kappa shape index (κ1) is 8.57. The quantitative estimate of drug-likeness (QED) is 0.533. The summed E-state index contributed by atoms with van der Waals surface area (Å²) in [7, 11) is 0. The Morgan fingerprint density at radius 3 is 2.92 bits per heavy atom. The maximum absolute atomic E-state index is 11.1. The van der Waals surface area contributed by atoms with Crippen LogP contribution in [0.15, 0.2) is 16.5 Å². The van der Waals surface area contributed by atoms with Gasteiger partial charge >= 0.3 is 0 Å². The fourth-order valence-corrected chi connectivity index (χ4v) is 0.817. The van der Waals surface area contributed by atoms with Gasteiger partial charge in [0.2, 0.25) is 5.78 Å². The van der Waals surface area contributed by atoms with Crippen molar-refractivity contribution in [2.24, 2.45) is 5.73 Å². The molecule has 0 unspecified atom stereocenters. The normalized spacial score (nSPS) is 9.33. The number of terminal acetylenes is 1. The van der Waals surface area contributed by atoms with E-state index in [0.717, 1.165) is 0 Å². The number of furan rings is 1. The Bertz CT molecular complexity index is 320. The molecule has 0 aliphatic carbocycles. The molecule has 0 atom stereocenters. The van der Waals surface area contributed by atoms with Crippen LogP contribution in [0.4, 0.5) is 0 Å². The van der Waals surface area contributed by atoms with E-state index in [1.54, 1.807) is 12.1 Å². The molecule has 0 amide bonds. The van der Waals surface area contributed by atoms with Crippen molar-refractivity contribution in [2.75, 3.05) is 0 Å². The topological polar surface area (TPSA) is 56.2 Å². The maximum atomic E-state index is 11.1. The molecular weight excluding hydrogens is 154 g/mol. The largest absolute Gasteiger partial charge is 0.457 e. The molecule has 62 valence electrons. The second-order valence-electron chi connectivity index (χ2n) is 2.27. The van der Waals surface area contributed by atoms with E-state index in [2.05, 4.69) is 5.92 Å². The van der Waals surface area contributed by atoms with Gasteiger partial charge in [0.15, 0.2) is 5.76 Å². The minimum atomic E-state index is -0.183. The minimum absolute atomic E-state index is 0.0670. The van der Waals surface area contributed by atoms with Gasteiger partial charge in [-0.2, -0.15) is 0 Å². The van der Waals surface area contributed by atoms with Gasteiger partial charge in [0.05, 0.1) is 13.0 Å². The third-order valence-electron chi connectivity index (χ3n) is 1.40. The summed E-state index contributed by atoms with van der Waals surface area (Å²) < 4.78 is 5.08. The first-order valence-electron chi connectivity index (χ1n) is 3.53. The van der Waals surface area contributed by atoms with E-state index >= 15 is 0 Å². The van der Waals surface area contributed by atoms with Gasteiger partial charge in [-0.3, -0.25) is 4.79 Å². The average molecular weight is 163 g/mol. The Labute approximate surface area is 70.6 Å². The van der Waals surface area contributed by atoms with Crippen molar-refractivity contribution in [3.8, 4) is 12.3 Å². The van der Waals surface area contributed by atoms with E-state index in [-0.39, 0.29) is 18.0 Å². The van der Waals surface area contributed by atoms with Gasteiger partial charge in [-0.25, -0.2) is 0 Å². The lowest BCUT2D eigenvalue weighted by Gasteiger charge is -1.89. The van der Waals surface area contributed by atoms with Crippen LogP contribution >= 0.6 is 0 Å². The molecular formula is C9H9NO2. The van der Waals surface area contributed by atoms with Gasteiger partial charge in [-0.1, -0.05) is 5.92 Å². The molecule has 12 heavy (non-hydrogen) atoms. The van der Waals surface area contributed by atoms with Crippen molar-refractivity contribution in [1.29, 1.82) is 0 Å². The van der Waals surface area contributed by atoms with Gasteiger partial charge in [0, 0.05) is 0 Å². The van der Waals surface area contributed by atoms with Crippen molar-refractivity contribution in [2.45, 2.75) is 13.0 Å². The van der Waals surface area contributed by atoms with Crippen LogP contribution in [-0.2, 0) is 6.54 Å². The number of nitrogens with two attached hydrogens (primary N) is 1. The molecule has 0 saturated carbocycles. The highest BCUT2D eigenvalue weighted by atomic mass is 16.3. The van der Waals surface area contributed by atoms with Gasteiger partial charge in [0.25, 0.3) is 0 Å². The summed E-state index contributed by atoms with van der Waals surface area (Å²) in [4.78, 5) is 11.1. The Kier molecular flexibility index (Phi) is 2.67. The molecule has 2 N–H and O–H groups in total. The van der Waals surface area contributed by atoms with Crippen LogP contribution in [0, 0.1) is 12.3 Å². The van der Waals surface area contributed by atoms with Crippen LogP contribution in [0.3, 0.4) is 0 Å². The van der Waals surface area contributed by atoms with Gasteiger partial charge in [0.1, 0.15) is 5.76 Å². The number of Topliss-reactive ketones (excluding diaryl/α,β-unsaturated/α-hetero) is 1. The third-order valence-corrected chi connectivity index (χ3v) is 1.40. The zero-order chi connectivity index (χ0) is 8.97. The van der Waals surface area contributed by atoms with E-state index in [1.807, 2.05) is 0 Å². The molecule has 0 bridgehead atoms. The summed E-state index contributed by atoms with van der Waals surface area (Å²) in [6.07, 6.45) is 5.04. The highest BCUT2D eigenvalue weighted by Crippen LogP contribution is 2.08. The second kappa shape index (κ2) is 3.74. The number of hydrogen-bond acceptors (Lipinski definition) is 3. The molecule has 0 aliphatic heterocycles. The lowest BCUT2D eigenvalue weighted by atomic mass is 10.2. The van der Waals surface area contributed by atoms with E-state index in [0.29, 0.717) is 12.3 Å². The monoisotopic (exact) mass is 163 g/mol. The number of ketones is 1. The molecule has 1 rings (SSSR count). The SMILES string of the molecule is C#CCC(=O)c1ccc(CN)o1. The van der Waals surface area contributed by atoms with Gasteiger partial charge in [-0.15, -0.1) is 6.42 Å². The van der Waals surface area contributed by atoms with Crippen LogP contribution in [0.5, 0.6) is 0 Å². The first-order valence-corrected chi connectivity index (χ1v) is 3.53. The zero-order valence-electron chi connectivity index (χ0n) is 6.54. The predicted molar refractivity (Wildman–Crippen MR) is 44.4 cm³/mol. The molecule has 1 aromatic rings. The lowest BCUT2D eigenvalue weighted by molar-refractivity contribution is 0.0970. The molecule has 0 saturated heterocycles. The second-order valence-corrected chi connectivity index (χ2v) is 2.27. The van der Waals surface area contributed by atoms with Crippen LogP contribution in [0.1, 0.15) is 22.7 Å². The molecule has 3 heteroatoms. The van der Waals surface area contributed by atoms with E-state index in [9.17, 15) is 4.79 Å². The molecule has 0 spiro atoms. The number of carbonyl (C=O) groups is 1. The van der Waals surface area contributed by atoms with E-state index in [1.165, 1.54) is 0 Å². The lowest BCUT2D eigenvalue weighted by Crippen LogP contribution is -1.96. The Morgan fingerprint density at radius 1 is 1.67 bits per heavy atom. The molecule has 0 radical (unpaired) electrons. The fourth-order valence-electron chi connectivity index (χ4n) is 0.817. The van der Waals surface area contributed by atoms with Crippen LogP contribution in [0.2, 0.25) is 0 Å². The Hall–Kier alpha value is -1.53. The van der Waals surface area contributed by atoms with Crippen molar-refractivity contribution in [3.63, 3.8) is 0 Å². The summed E-state index contributed by atoms with van der Waals surface area (Å²) in [5, 5.41) is 0. The molecule has 0 aromatic carbocycles. The highest BCUT2D eigenvalue weighted by molar-refractivity contribution is 5.94. The minimum Gasteiger partial charge on any atom is -0.457 e. The Morgan fingerprint density at radius 2 is 2.42 bits per heavy atom. The van der Waals surface area contributed by atoms with Crippen LogP contribution in [-0.4, -0.2) is 5.78 Å². The zero-order valence-corrected chi connectivity index (χ0v) is 6.54. The third kappa shape index (κ3) is 1.74. The number of carbonyl (C=O) groups excluding carboxylic acids is 1. The van der Waals surface area contributed by atoms with Crippen molar-refractivity contribution < 1.29 is 9.21 Å². The molecule has 1 aromatic heterocycles. The summed E-state index contributed by atoms with van der Waals surface area (Å²) in [6.45, 7) is 0.295. The van der Waals surface area contributed by atoms with Crippen molar-refractivity contribution in [3.05, 3.63) is 23.7 Å². The number of hydrogen-bond donors (Lipinski definition) is 1. The summed E-state index contributed by atoms with van der Waals surface area (Å²) in [6, 6.07) is 3.26. The summed E-state index contributed by atoms with van der Waals surface area (Å²) >= 11 is 0. The summed E-state index contributed by atoms with van der Waals surface area (Å²) in [5.41, 5.74) is 5.29. The highest BCUT2D eigenvalue weighted by Gasteiger charge is 2.08. The first-order chi connectivity index (χ1) is 5.77. The van der Waals surface area contributed by atoms with Gasteiger partial charge in [-0.05, 0) is 12.1 Å². The molecule has 0 aliphatic rings. The predicted octanol–water partition coefficient (Wildman–Crippen LogP) is 0.944. The average Bonchev–Trinajstić information content (AvgIpc) is 2.52. The fraction of sp³-hybridized carbons (Fsp3) is 0.222. The van der Waals surface area contributed by atoms with Crippen molar-refractivity contribution in [1.82, 2.24) is 0 Å². The smallest absolute Gasteiger partial charge is 0.209 e. The number of rotatable bonds is 3. The van der Waals surface area contributed by atoms with E-state index in [4.69, 9.17) is 16.6 Å². The van der Waals surface area contributed by atoms with Crippen molar-refractivity contribution >= 4 is 5.78 Å². The Balaban J connectivity index is 2.76. The van der Waals surface area contributed by atoms with Crippen LogP contribution < -0.4 is 5.73 Å². The van der Waals surface area contributed by atoms with E-state index < -0.39 is 0 Å². The molecule has 3 nitrogen and oxygen atoms in total. The molecule has 1 heterocycles. The summed E-state index contributed by atoms with van der Waals surface area (Å²) in [5.74, 6) is 2.95. The van der Waals surface area contributed by atoms with Crippen LogP contribution in [0.25, 0.3) is 0 Å². The van der Waals surface area contributed by atoms with Gasteiger partial charge < -0.3 is 10.2 Å². The molecule has 0 fully saturated rings. The maximum Gasteiger partial charge on any atom is 0.209 e.